The second-order valence-electron chi connectivity index (χ2n) is 2.43. The van der Waals surface area contributed by atoms with Crippen molar-refractivity contribution in [1.82, 2.24) is 0 Å². The van der Waals surface area contributed by atoms with Crippen LogP contribution in [0.25, 0.3) is 0 Å². The Balaban J connectivity index is 2.74. The summed E-state index contributed by atoms with van der Waals surface area (Å²) in [7, 11) is 0. The molecule has 0 spiro atoms. The summed E-state index contributed by atoms with van der Waals surface area (Å²) in [5, 5.41) is 0.678. The lowest BCUT2D eigenvalue weighted by molar-refractivity contribution is -0.133. The number of hydrogen-bond donors (Lipinski definition) is 0. The molecule has 3 heteroatoms. The molecule has 1 aromatic rings. The fraction of sp³-hybridized carbons (Fsp3) is 0.222. The molecule has 0 aliphatic rings. The number of hydrogen-bond acceptors (Lipinski definition) is 2. The van der Waals surface area contributed by atoms with Crippen LogP contribution < -0.4 is 0 Å². The molecular weight excluding hydrogens is 176 g/mol. The van der Waals surface area contributed by atoms with Crippen LogP contribution in [0.3, 0.4) is 0 Å². The van der Waals surface area contributed by atoms with E-state index in [1.165, 1.54) is 0 Å². The fourth-order valence-corrected chi connectivity index (χ4v) is 1.02. The second kappa shape index (κ2) is 4.12. The average Bonchev–Trinajstić information content (AvgIpc) is 2.06. The Morgan fingerprint density at radius 3 is 2.50 bits per heavy atom. The molecule has 1 atom stereocenters. The quantitative estimate of drug-likeness (QED) is 0.675. The fourth-order valence-electron chi connectivity index (χ4n) is 0.896. The maximum atomic E-state index is 10.0. The molecule has 0 fully saturated rings. The molecule has 0 N–H and O–H groups in total. The van der Waals surface area contributed by atoms with Gasteiger partial charge in [0.25, 0.3) is 6.47 Å². The number of benzene rings is 1. The minimum Gasteiger partial charge on any atom is -0.460 e. The molecule has 0 bridgehead atoms. The Morgan fingerprint density at radius 2 is 2.00 bits per heavy atom. The number of halogens is 1. The van der Waals surface area contributed by atoms with Crippen LogP contribution in [0.2, 0.25) is 5.02 Å². The molecule has 0 aliphatic heterocycles. The van der Waals surface area contributed by atoms with Gasteiger partial charge in [0.15, 0.2) is 0 Å². The van der Waals surface area contributed by atoms with Crippen molar-refractivity contribution in [3.05, 3.63) is 34.9 Å². The van der Waals surface area contributed by atoms with Crippen molar-refractivity contribution in [2.24, 2.45) is 0 Å². The van der Waals surface area contributed by atoms with Crippen LogP contribution in [0.5, 0.6) is 0 Å². The Morgan fingerprint density at radius 1 is 1.42 bits per heavy atom. The zero-order valence-corrected chi connectivity index (χ0v) is 7.41. The SMILES string of the molecule is CC(OC=O)c1ccc(Cl)cc1. The first-order valence-electron chi connectivity index (χ1n) is 3.58. The van der Waals surface area contributed by atoms with Gasteiger partial charge < -0.3 is 4.74 Å². The summed E-state index contributed by atoms with van der Waals surface area (Å²) in [4.78, 5) is 10.0. The smallest absolute Gasteiger partial charge is 0.293 e. The molecule has 12 heavy (non-hydrogen) atoms. The van der Waals surface area contributed by atoms with Crippen LogP contribution in [0.4, 0.5) is 0 Å². The van der Waals surface area contributed by atoms with Crippen LogP contribution >= 0.6 is 11.6 Å². The predicted octanol–water partition coefficient (Wildman–Crippen LogP) is 2.57. The van der Waals surface area contributed by atoms with Gasteiger partial charge >= 0.3 is 0 Å². The first-order chi connectivity index (χ1) is 5.74. The van der Waals surface area contributed by atoms with Gasteiger partial charge in [0.1, 0.15) is 6.10 Å². The van der Waals surface area contributed by atoms with Crippen LogP contribution in [0.15, 0.2) is 24.3 Å². The lowest BCUT2D eigenvalue weighted by atomic mass is 10.1. The highest BCUT2D eigenvalue weighted by molar-refractivity contribution is 6.30. The molecule has 0 amide bonds. The van der Waals surface area contributed by atoms with Crippen molar-refractivity contribution in [1.29, 1.82) is 0 Å². The van der Waals surface area contributed by atoms with E-state index >= 15 is 0 Å². The lowest BCUT2D eigenvalue weighted by Gasteiger charge is -2.08. The molecule has 2 nitrogen and oxygen atoms in total. The van der Waals surface area contributed by atoms with Gasteiger partial charge in [-0.1, -0.05) is 23.7 Å². The lowest BCUT2D eigenvalue weighted by Crippen LogP contribution is -1.97. The summed E-state index contributed by atoms with van der Waals surface area (Å²) in [6.07, 6.45) is -0.209. The highest BCUT2D eigenvalue weighted by atomic mass is 35.5. The third kappa shape index (κ3) is 2.24. The first-order valence-corrected chi connectivity index (χ1v) is 3.96. The molecule has 0 aromatic heterocycles. The topological polar surface area (TPSA) is 26.3 Å². The van der Waals surface area contributed by atoms with Gasteiger partial charge in [0.05, 0.1) is 0 Å². The number of carbonyl (C=O) groups excluding carboxylic acids is 1. The van der Waals surface area contributed by atoms with Gasteiger partial charge in [-0.05, 0) is 24.6 Å². The van der Waals surface area contributed by atoms with Gasteiger partial charge in [-0.3, -0.25) is 4.79 Å². The average molecular weight is 185 g/mol. The van der Waals surface area contributed by atoms with E-state index in [-0.39, 0.29) is 6.10 Å². The zero-order valence-electron chi connectivity index (χ0n) is 6.66. The molecule has 0 aliphatic carbocycles. The van der Waals surface area contributed by atoms with E-state index in [2.05, 4.69) is 0 Å². The van der Waals surface area contributed by atoms with E-state index in [0.717, 1.165) is 5.56 Å². The molecule has 0 saturated heterocycles. The Bertz CT molecular complexity index is 256. The summed E-state index contributed by atoms with van der Waals surface area (Å²) in [6, 6.07) is 7.19. The van der Waals surface area contributed by atoms with E-state index in [4.69, 9.17) is 16.3 Å². The standard InChI is InChI=1S/C9H9ClO2/c1-7(12-6-11)8-2-4-9(10)5-3-8/h2-7H,1H3. The van der Waals surface area contributed by atoms with Gasteiger partial charge in [0.2, 0.25) is 0 Å². The van der Waals surface area contributed by atoms with E-state index in [1.807, 2.05) is 12.1 Å². The van der Waals surface area contributed by atoms with Crippen LogP contribution in [0.1, 0.15) is 18.6 Å². The summed E-state index contributed by atoms with van der Waals surface area (Å²) < 4.78 is 4.74. The Hall–Kier alpha value is -1.02. The second-order valence-corrected chi connectivity index (χ2v) is 2.86. The molecule has 0 radical (unpaired) electrons. The van der Waals surface area contributed by atoms with Gasteiger partial charge in [0, 0.05) is 5.02 Å². The first kappa shape index (κ1) is 9.07. The molecule has 0 heterocycles. The molecule has 1 unspecified atom stereocenters. The van der Waals surface area contributed by atoms with Crippen LogP contribution in [0, 0.1) is 0 Å². The molecular formula is C9H9ClO2. The van der Waals surface area contributed by atoms with Crippen molar-refractivity contribution < 1.29 is 9.53 Å². The molecule has 0 saturated carbocycles. The van der Waals surface area contributed by atoms with Crippen molar-refractivity contribution in [2.45, 2.75) is 13.0 Å². The van der Waals surface area contributed by atoms with Crippen LogP contribution in [-0.4, -0.2) is 6.47 Å². The number of carbonyl (C=O) groups is 1. The highest BCUT2D eigenvalue weighted by Gasteiger charge is 2.03. The Labute approximate surface area is 76.1 Å². The highest BCUT2D eigenvalue weighted by Crippen LogP contribution is 2.17. The monoisotopic (exact) mass is 184 g/mol. The minimum atomic E-state index is -0.209. The van der Waals surface area contributed by atoms with Crippen molar-refractivity contribution in [3.63, 3.8) is 0 Å². The zero-order chi connectivity index (χ0) is 8.97. The molecule has 64 valence electrons. The third-order valence-electron chi connectivity index (χ3n) is 1.60. The van der Waals surface area contributed by atoms with Gasteiger partial charge in [-0.15, -0.1) is 0 Å². The van der Waals surface area contributed by atoms with E-state index in [9.17, 15) is 4.79 Å². The number of ether oxygens (including phenoxy) is 1. The van der Waals surface area contributed by atoms with Gasteiger partial charge in [-0.2, -0.15) is 0 Å². The summed E-state index contributed by atoms with van der Waals surface area (Å²) >= 11 is 5.68. The van der Waals surface area contributed by atoms with E-state index < -0.39 is 0 Å². The maximum Gasteiger partial charge on any atom is 0.293 e. The normalized spacial score (nSPS) is 12.2. The Kier molecular flexibility index (Phi) is 3.11. The van der Waals surface area contributed by atoms with Crippen molar-refractivity contribution in [2.75, 3.05) is 0 Å². The minimum absolute atomic E-state index is 0.209. The van der Waals surface area contributed by atoms with Crippen LogP contribution in [-0.2, 0) is 9.53 Å². The maximum absolute atomic E-state index is 10.0. The number of rotatable bonds is 3. The summed E-state index contributed by atoms with van der Waals surface area (Å²) in [6.45, 7) is 2.25. The van der Waals surface area contributed by atoms with E-state index in [1.54, 1.807) is 19.1 Å². The predicted molar refractivity (Wildman–Crippen MR) is 47.0 cm³/mol. The van der Waals surface area contributed by atoms with Crippen molar-refractivity contribution in [3.8, 4) is 0 Å². The molecule has 1 rings (SSSR count). The van der Waals surface area contributed by atoms with Gasteiger partial charge in [-0.25, -0.2) is 0 Å². The van der Waals surface area contributed by atoms with E-state index in [0.29, 0.717) is 11.5 Å². The third-order valence-corrected chi connectivity index (χ3v) is 1.85. The molecule has 1 aromatic carbocycles. The summed E-state index contributed by atoms with van der Waals surface area (Å²) in [5.41, 5.74) is 0.937. The van der Waals surface area contributed by atoms with Crippen molar-refractivity contribution >= 4 is 18.1 Å². The largest absolute Gasteiger partial charge is 0.460 e. The summed E-state index contributed by atoms with van der Waals surface area (Å²) in [5.74, 6) is 0.